The van der Waals surface area contributed by atoms with Gasteiger partial charge >= 0.3 is 0 Å². The van der Waals surface area contributed by atoms with Gasteiger partial charge in [0.1, 0.15) is 6.61 Å². The Hall–Kier alpha value is -0.900. The molecule has 0 aliphatic rings. The van der Waals surface area contributed by atoms with Crippen molar-refractivity contribution in [3.63, 3.8) is 0 Å². The highest BCUT2D eigenvalue weighted by Gasteiger charge is 2.11. The van der Waals surface area contributed by atoms with E-state index in [4.69, 9.17) is 32.7 Å². The summed E-state index contributed by atoms with van der Waals surface area (Å²) in [4.78, 5) is 0. The molecule has 0 spiro atoms. The second kappa shape index (κ2) is 6.63. The normalized spacial score (nSPS) is 10.8. The number of rotatable bonds is 5. The second-order valence-corrected chi connectivity index (χ2v) is 3.62. The van der Waals surface area contributed by atoms with Gasteiger partial charge in [-0.25, -0.2) is 0 Å². The number of methoxy groups -OCH3 is 1. The van der Waals surface area contributed by atoms with Crippen molar-refractivity contribution in [3.05, 3.63) is 34.3 Å². The maximum absolute atomic E-state index is 9.18. The van der Waals surface area contributed by atoms with E-state index in [1.165, 1.54) is 12.6 Å². The number of ether oxygens (including phenoxy) is 2. The molecule has 0 heterocycles. The quantitative estimate of drug-likeness (QED) is 0.887. The largest absolute Gasteiger partial charge is 0.493 e. The van der Waals surface area contributed by atoms with E-state index < -0.39 is 0 Å². The van der Waals surface area contributed by atoms with Gasteiger partial charge in [-0.2, -0.15) is 0 Å². The minimum Gasteiger partial charge on any atom is -0.493 e. The van der Waals surface area contributed by atoms with Crippen molar-refractivity contribution >= 4 is 23.2 Å². The number of halogens is 2. The summed E-state index contributed by atoms with van der Waals surface area (Å²) in [7, 11) is 1.51. The van der Waals surface area contributed by atoms with Crippen LogP contribution in [0.1, 0.15) is 5.56 Å². The van der Waals surface area contributed by atoms with Crippen LogP contribution in [0.4, 0.5) is 0 Å². The van der Waals surface area contributed by atoms with Crippen LogP contribution >= 0.6 is 23.2 Å². The topological polar surface area (TPSA) is 38.7 Å². The summed E-state index contributed by atoms with van der Waals surface area (Å²) in [6.45, 7) is 0.130. The highest BCUT2D eigenvalue weighted by molar-refractivity contribution is 6.30. The molecule has 0 unspecified atom stereocenters. The standard InChI is InChI=1S/C11H12Cl2O3/c1-15-10-6-9(13)5-8(7-14)11(10)16-4-2-3-12/h2-3,5-6,14H,4,7H2,1H3/b3-2+. The third-order valence-electron chi connectivity index (χ3n) is 1.90. The molecule has 5 heteroatoms. The first-order valence-corrected chi connectivity index (χ1v) is 5.39. The van der Waals surface area contributed by atoms with Gasteiger partial charge in [0.2, 0.25) is 0 Å². The zero-order valence-electron chi connectivity index (χ0n) is 8.74. The molecule has 1 aromatic rings. The van der Waals surface area contributed by atoms with Crippen LogP contribution in [-0.4, -0.2) is 18.8 Å². The van der Waals surface area contributed by atoms with Crippen LogP contribution in [0.15, 0.2) is 23.7 Å². The lowest BCUT2D eigenvalue weighted by molar-refractivity contribution is 0.264. The summed E-state index contributed by atoms with van der Waals surface area (Å²) in [5.41, 5.74) is 1.94. The summed E-state index contributed by atoms with van der Waals surface area (Å²) in [5.74, 6) is 0.962. The Morgan fingerprint density at radius 1 is 1.44 bits per heavy atom. The van der Waals surface area contributed by atoms with E-state index in [0.29, 0.717) is 28.7 Å². The predicted octanol–water partition coefficient (Wildman–Crippen LogP) is 2.97. The first-order valence-electron chi connectivity index (χ1n) is 4.58. The van der Waals surface area contributed by atoms with Crippen molar-refractivity contribution < 1.29 is 14.6 Å². The molecule has 0 bridgehead atoms. The number of aliphatic hydroxyl groups is 1. The lowest BCUT2D eigenvalue weighted by atomic mass is 10.2. The lowest BCUT2D eigenvalue weighted by Gasteiger charge is -2.13. The fourth-order valence-electron chi connectivity index (χ4n) is 1.22. The Balaban J connectivity index is 3.01. The second-order valence-electron chi connectivity index (χ2n) is 2.93. The van der Waals surface area contributed by atoms with Crippen LogP contribution in [-0.2, 0) is 6.61 Å². The molecule has 0 aliphatic heterocycles. The molecule has 88 valence electrons. The van der Waals surface area contributed by atoms with E-state index >= 15 is 0 Å². The highest BCUT2D eigenvalue weighted by Crippen LogP contribution is 2.34. The van der Waals surface area contributed by atoms with Crippen LogP contribution in [0.25, 0.3) is 0 Å². The van der Waals surface area contributed by atoms with Crippen molar-refractivity contribution in [1.29, 1.82) is 0 Å². The van der Waals surface area contributed by atoms with Crippen molar-refractivity contribution in [2.45, 2.75) is 6.61 Å². The van der Waals surface area contributed by atoms with Gasteiger partial charge in [-0.15, -0.1) is 0 Å². The third-order valence-corrected chi connectivity index (χ3v) is 2.30. The van der Waals surface area contributed by atoms with E-state index in [2.05, 4.69) is 0 Å². The zero-order valence-corrected chi connectivity index (χ0v) is 10.3. The fraction of sp³-hybridized carbons (Fsp3) is 0.273. The van der Waals surface area contributed by atoms with Crippen molar-refractivity contribution in [1.82, 2.24) is 0 Å². The molecule has 1 aromatic carbocycles. The first kappa shape index (κ1) is 13.2. The zero-order chi connectivity index (χ0) is 12.0. The van der Waals surface area contributed by atoms with Crippen LogP contribution in [0.5, 0.6) is 11.5 Å². The molecule has 1 N–H and O–H groups in total. The van der Waals surface area contributed by atoms with Gasteiger partial charge in [0.25, 0.3) is 0 Å². The van der Waals surface area contributed by atoms with E-state index in [9.17, 15) is 5.11 Å². The van der Waals surface area contributed by atoms with Crippen LogP contribution in [0.3, 0.4) is 0 Å². The van der Waals surface area contributed by atoms with Crippen molar-refractivity contribution in [2.24, 2.45) is 0 Å². The molecule has 0 saturated heterocycles. The number of benzene rings is 1. The van der Waals surface area contributed by atoms with Gasteiger partial charge in [-0.1, -0.05) is 23.2 Å². The molecule has 0 amide bonds. The van der Waals surface area contributed by atoms with Gasteiger partial charge in [-0.05, 0) is 12.1 Å². The molecule has 0 aliphatic carbocycles. The monoisotopic (exact) mass is 262 g/mol. The first-order chi connectivity index (χ1) is 7.72. The van der Waals surface area contributed by atoms with Crippen LogP contribution in [0, 0.1) is 0 Å². The van der Waals surface area contributed by atoms with Crippen LogP contribution in [0.2, 0.25) is 5.02 Å². The molecule has 0 saturated carbocycles. The van der Waals surface area contributed by atoms with E-state index in [-0.39, 0.29) is 6.61 Å². The molecular weight excluding hydrogens is 251 g/mol. The van der Waals surface area contributed by atoms with Crippen molar-refractivity contribution in [3.8, 4) is 11.5 Å². The predicted molar refractivity (Wildman–Crippen MR) is 64.4 cm³/mol. The van der Waals surface area contributed by atoms with Gasteiger partial charge < -0.3 is 14.6 Å². The molecule has 16 heavy (non-hydrogen) atoms. The van der Waals surface area contributed by atoms with Crippen molar-refractivity contribution in [2.75, 3.05) is 13.7 Å². The summed E-state index contributed by atoms with van der Waals surface area (Å²) in [6.07, 6.45) is 1.64. The summed E-state index contributed by atoms with van der Waals surface area (Å²) >= 11 is 11.2. The summed E-state index contributed by atoms with van der Waals surface area (Å²) < 4.78 is 10.6. The average Bonchev–Trinajstić information content (AvgIpc) is 2.30. The van der Waals surface area contributed by atoms with E-state index in [0.717, 1.165) is 0 Å². The Morgan fingerprint density at radius 2 is 2.19 bits per heavy atom. The molecule has 0 aromatic heterocycles. The molecule has 0 radical (unpaired) electrons. The molecule has 3 nitrogen and oxygen atoms in total. The number of hydrogen-bond acceptors (Lipinski definition) is 3. The molecule has 1 rings (SSSR count). The third kappa shape index (κ3) is 3.30. The molecular formula is C11H12Cl2O3. The minimum absolute atomic E-state index is 0.170. The van der Waals surface area contributed by atoms with Crippen LogP contribution < -0.4 is 9.47 Å². The summed E-state index contributed by atoms with van der Waals surface area (Å²) in [5, 5.41) is 9.67. The smallest absolute Gasteiger partial charge is 0.167 e. The SMILES string of the molecule is COc1cc(Cl)cc(CO)c1OC/C=C/Cl. The van der Waals surface area contributed by atoms with Gasteiger partial charge in [-0.3, -0.25) is 0 Å². The fourth-order valence-corrected chi connectivity index (χ4v) is 1.53. The number of aliphatic hydroxyl groups excluding tert-OH is 1. The van der Waals surface area contributed by atoms with E-state index in [1.807, 2.05) is 0 Å². The average molecular weight is 263 g/mol. The Bertz CT molecular complexity index is 352. The lowest BCUT2D eigenvalue weighted by Crippen LogP contribution is -2.00. The van der Waals surface area contributed by atoms with E-state index in [1.54, 1.807) is 18.2 Å². The van der Waals surface area contributed by atoms with Gasteiger partial charge in [0.15, 0.2) is 11.5 Å². The highest BCUT2D eigenvalue weighted by atomic mass is 35.5. The molecule has 0 atom stereocenters. The minimum atomic E-state index is -0.170. The Kier molecular flexibility index (Phi) is 5.46. The molecule has 0 fully saturated rings. The maximum Gasteiger partial charge on any atom is 0.167 e. The summed E-state index contributed by atoms with van der Waals surface area (Å²) in [6, 6.07) is 3.25. The van der Waals surface area contributed by atoms with Gasteiger partial charge in [0, 0.05) is 22.2 Å². The Labute approximate surface area is 104 Å². The Morgan fingerprint density at radius 3 is 2.75 bits per heavy atom. The van der Waals surface area contributed by atoms with Gasteiger partial charge in [0.05, 0.1) is 13.7 Å². The maximum atomic E-state index is 9.18. The number of hydrogen-bond donors (Lipinski definition) is 1.